The Kier molecular flexibility index (Phi) is 6.73. The Bertz CT molecular complexity index is 999. The molecule has 0 aromatic heterocycles. The van der Waals surface area contributed by atoms with Crippen LogP contribution >= 0.6 is 0 Å². The Hall–Kier alpha value is -3.93. The van der Waals surface area contributed by atoms with E-state index in [1.807, 2.05) is 73.7 Å². The molecule has 2 N–H and O–H groups in total. The molecule has 3 aromatic rings. The lowest BCUT2D eigenvalue weighted by atomic mass is 10.2. The number of nitrogens with zero attached hydrogens (tertiary/aromatic N) is 1. The lowest BCUT2D eigenvalue weighted by molar-refractivity contribution is -0.136. The van der Waals surface area contributed by atoms with E-state index in [9.17, 15) is 9.59 Å². The molecule has 0 spiro atoms. The number of anilines is 1. The van der Waals surface area contributed by atoms with E-state index in [0.29, 0.717) is 23.6 Å². The molecule has 146 valence electrons. The summed E-state index contributed by atoms with van der Waals surface area (Å²) in [5, 5.41) is 6.39. The van der Waals surface area contributed by atoms with Crippen molar-refractivity contribution in [3.05, 3.63) is 95.6 Å². The van der Waals surface area contributed by atoms with Gasteiger partial charge in [-0.25, -0.2) is 5.43 Å². The molecular weight excluding hydrogens is 366 g/mol. The van der Waals surface area contributed by atoms with Crippen LogP contribution in [0.3, 0.4) is 0 Å². The summed E-state index contributed by atoms with van der Waals surface area (Å²) >= 11 is 0. The maximum absolute atomic E-state index is 11.9. The number of benzene rings is 3. The van der Waals surface area contributed by atoms with Crippen LogP contribution in [0.5, 0.6) is 5.75 Å². The molecule has 0 aliphatic rings. The maximum atomic E-state index is 11.9. The highest BCUT2D eigenvalue weighted by Gasteiger charge is 2.12. The number of aryl methyl sites for hydroxylation is 1. The zero-order valence-electron chi connectivity index (χ0n) is 16.0. The largest absolute Gasteiger partial charge is 0.488 e. The minimum Gasteiger partial charge on any atom is -0.488 e. The summed E-state index contributed by atoms with van der Waals surface area (Å²) in [6.07, 6.45) is 1.44. The Morgan fingerprint density at radius 1 is 0.897 bits per heavy atom. The standard InChI is InChI=1S/C23H21N3O3/c1-17-11-13-20(14-12-17)25-22(27)23(28)26-24-15-19-9-5-6-10-21(19)29-16-18-7-3-2-4-8-18/h2-15H,16H2,1H3,(H,25,27)(H,26,28)/b24-15-. The molecule has 29 heavy (non-hydrogen) atoms. The number of hydrogen-bond acceptors (Lipinski definition) is 4. The summed E-state index contributed by atoms with van der Waals surface area (Å²) in [5.74, 6) is -1.03. The fourth-order valence-corrected chi connectivity index (χ4v) is 2.49. The first-order valence-electron chi connectivity index (χ1n) is 9.08. The van der Waals surface area contributed by atoms with Crippen molar-refractivity contribution < 1.29 is 14.3 Å². The Labute approximate surface area is 169 Å². The van der Waals surface area contributed by atoms with Crippen molar-refractivity contribution in [2.45, 2.75) is 13.5 Å². The molecule has 0 atom stereocenters. The normalized spacial score (nSPS) is 10.5. The van der Waals surface area contributed by atoms with Gasteiger partial charge in [0.2, 0.25) is 0 Å². The van der Waals surface area contributed by atoms with Gasteiger partial charge in [0.25, 0.3) is 0 Å². The van der Waals surface area contributed by atoms with Gasteiger partial charge in [-0.15, -0.1) is 0 Å². The number of nitrogens with one attached hydrogen (secondary N) is 2. The van der Waals surface area contributed by atoms with Crippen molar-refractivity contribution in [2.75, 3.05) is 5.32 Å². The Balaban J connectivity index is 1.56. The SMILES string of the molecule is Cc1ccc(NC(=O)C(=O)N/N=C\c2ccccc2OCc2ccccc2)cc1. The van der Waals surface area contributed by atoms with Gasteiger partial charge in [0.05, 0.1) is 6.21 Å². The Morgan fingerprint density at radius 3 is 2.34 bits per heavy atom. The summed E-state index contributed by atoms with van der Waals surface area (Å²) < 4.78 is 5.83. The minimum atomic E-state index is -0.857. The van der Waals surface area contributed by atoms with Gasteiger partial charge in [-0.2, -0.15) is 5.10 Å². The van der Waals surface area contributed by atoms with Crippen molar-refractivity contribution >= 4 is 23.7 Å². The summed E-state index contributed by atoms with van der Waals surface area (Å²) in [5.41, 5.74) is 5.55. The van der Waals surface area contributed by atoms with E-state index < -0.39 is 11.8 Å². The van der Waals surface area contributed by atoms with Crippen molar-refractivity contribution in [3.8, 4) is 5.75 Å². The monoisotopic (exact) mass is 387 g/mol. The highest BCUT2D eigenvalue weighted by atomic mass is 16.5. The lowest BCUT2D eigenvalue weighted by Gasteiger charge is -2.09. The van der Waals surface area contributed by atoms with Gasteiger partial charge < -0.3 is 10.1 Å². The first kappa shape index (κ1) is 19.8. The predicted octanol–water partition coefficient (Wildman–Crippen LogP) is 3.66. The molecule has 0 bridgehead atoms. The van der Waals surface area contributed by atoms with Crippen molar-refractivity contribution in [1.29, 1.82) is 0 Å². The second-order valence-electron chi connectivity index (χ2n) is 6.33. The van der Waals surface area contributed by atoms with Crippen molar-refractivity contribution in [1.82, 2.24) is 5.43 Å². The first-order valence-corrected chi connectivity index (χ1v) is 9.08. The fraction of sp³-hybridized carbons (Fsp3) is 0.0870. The van der Waals surface area contributed by atoms with Gasteiger partial charge in [-0.05, 0) is 36.8 Å². The maximum Gasteiger partial charge on any atom is 0.329 e. The summed E-state index contributed by atoms with van der Waals surface area (Å²) in [4.78, 5) is 23.9. The molecule has 6 nitrogen and oxygen atoms in total. The highest BCUT2D eigenvalue weighted by Crippen LogP contribution is 2.17. The predicted molar refractivity (Wildman–Crippen MR) is 113 cm³/mol. The van der Waals surface area contributed by atoms with E-state index in [2.05, 4.69) is 15.8 Å². The van der Waals surface area contributed by atoms with E-state index in [1.165, 1.54) is 6.21 Å². The third kappa shape index (κ3) is 6.04. The second-order valence-corrected chi connectivity index (χ2v) is 6.33. The topological polar surface area (TPSA) is 79.8 Å². The van der Waals surface area contributed by atoms with Gasteiger partial charge >= 0.3 is 11.8 Å². The molecule has 0 saturated heterocycles. The van der Waals surface area contributed by atoms with Gasteiger partial charge in [0.15, 0.2) is 0 Å². The number of amides is 2. The second kappa shape index (κ2) is 9.85. The molecule has 6 heteroatoms. The van der Waals surface area contributed by atoms with E-state index in [0.717, 1.165) is 11.1 Å². The average molecular weight is 387 g/mol. The van der Waals surface area contributed by atoms with Gasteiger partial charge in [0, 0.05) is 11.3 Å². The smallest absolute Gasteiger partial charge is 0.329 e. The van der Waals surface area contributed by atoms with Crippen LogP contribution in [0.15, 0.2) is 84.0 Å². The number of rotatable bonds is 6. The van der Waals surface area contributed by atoms with E-state index in [-0.39, 0.29) is 0 Å². The number of carbonyl (C=O) groups excluding carboxylic acids is 2. The van der Waals surface area contributed by atoms with Crippen LogP contribution in [0.25, 0.3) is 0 Å². The van der Waals surface area contributed by atoms with Gasteiger partial charge in [-0.3, -0.25) is 9.59 Å². The molecule has 3 rings (SSSR count). The van der Waals surface area contributed by atoms with Crippen LogP contribution < -0.4 is 15.5 Å². The molecular formula is C23H21N3O3. The van der Waals surface area contributed by atoms with Crippen LogP contribution in [0, 0.1) is 6.92 Å². The lowest BCUT2D eigenvalue weighted by Crippen LogP contribution is -2.32. The van der Waals surface area contributed by atoms with Crippen molar-refractivity contribution in [3.63, 3.8) is 0 Å². The molecule has 0 aliphatic heterocycles. The molecule has 0 saturated carbocycles. The van der Waals surface area contributed by atoms with Gasteiger partial charge in [-0.1, -0.05) is 60.2 Å². The fourth-order valence-electron chi connectivity index (χ4n) is 2.49. The summed E-state index contributed by atoms with van der Waals surface area (Å²) in [6, 6.07) is 24.2. The molecule has 2 amide bonds. The van der Waals surface area contributed by atoms with Gasteiger partial charge in [0.1, 0.15) is 12.4 Å². The van der Waals surface area contributed by atoms with Crippen LogP contribution in [0.2, 0.25) is 0 Å². The third-order valence-electron chi connectivity index (χ3n) is 4.04. The van der Waals surface area contributed by atoms with E-state index in [4.69, 9.17) is 4.74 Å². The van der Waals surface area contributed by atoms with Crippen LogP contribution in [-0.2, 0) is 16.2 Å². The number of hydrogen-bond donors (Lipinski definition) is 2. The molecule has 0 heterocycles. The molecule has 0 aliphatic carbocycles. The third-order valence-corrected chi connectivity index (χ3v) is 4.04. The molecule has 0 unspecified atom stereocenters. The average Bonchev–Trinajstić information content (AvgIpc) is 2.75. The molecule has 3 aromatic carbocycles. The number of ether oxygens (including phenoxy) is 1. The van der Waals surface area contributed by atoms with Crippen molar-refractivity contribution in [2.24, 2.45) is 5.10 Å². The quantitative estimate of drug-likeness (QED) is 0.385. The highest BCUT2D eigenvalue weighted by molar-refractivity contribution is 6.39. The minimum absolute atomic E-state index is 0.414. The number of carbonyl (C=O) groups is 2. The number of para-hydroxylation sites is 1. The molecule has 0 fully saturated rings. The van der Waals surface area contributed by atoms with E-state index >= 15 is 0 Å². The first-order chi connectivity index (χ1) is 14.1. The Morgan fingerprint density at radius 2 is 1.59 bits per heavy atom. The van der Waals surface area contributed by atoms with Crippen LogP contribution in [0.4, 0.5) is 5.69 Å². The van der Waals surface area contributed by atoms with E-state index in [1.54, 1.807) is 12.1 Å². The van der Waals surface area contributed by atoms with Crippen LogP contribution in [-0.4, -0.2) is 18.0 Å². The molecule has 0 radical (unpaired) electrons. The summed E-state index contributed by atoms with van der Waals surface area (Å²) in [6.45, 7) is 2.35. The van der Waals surface area contributed by atoms with Crippen LogP contribution in [0.1, 0.15) is 16.7 Å². The number of hydrazone groups is 1. The zero-order chi connectivity index (χ0) is 20.5. The summed E-state index contributed by atoms with van der Waals surface area (Å²) in [7, 11) is 0. The zero-order valence-corrected chi connectivity index (χ0v) is 16.0.